The molecule has 6 rings (SSSR count). The second kappa shape index (κ2) is 53.3. The van der Waals surface area contributed by atoms with Gasteiger partial charge >= 0.3 is 5.97 Å². The summed E-state index contributed by atoms with van der Waals surface area (Å²) in [4.78, 5) is 267. The highest BCUT2D eigenvalue weighted by atomic mass is 32.1. The summed E-state index contributed by atoms with van der Waals surface area (Å²) in [6.45, 7) is 1.63. The number of aromatic nitrogens is 2. The minimum absolute atomic E-state index is 0.0286. The van der Waals surface area contributed by atoms with Crippen molar-refractivity contribution in [2.24, 2.45) is 28.9 Å². The zero-order valence-electron chi connectivity index (χ0n) is 71.8. The number of benzene rings is 3. The Morgan fingerprint density at radius 3 is 1.52 bits per heavy atom. The fraction of sp³-hybridized carbons (Fsp3) is 0.500. The van der Waals surface area contributed by atoms with Gasteiger partial charge in [-0.15, -0.1) is 0 Å². The maximum absolute atomic E-state index is 14.8. The number of nitrogens with two attached hydrogens (primary N) is 4. The average Bonchev–Trinajstić information content (AvgIpc) is 1.64. The van der Waals surface area contributed by atoms with Crippen LogP contribution in [0.25, 0.3) is 0 Å². The summed E-state index contributed by atoms with van der Waals surface area (Å²) >= 11 is 8.48. The molecule has 130 heavy (non-hydrogen) atoms. The second-order valence-corrected chi connectivity index (χ2v) is 32.1. The number of nitrogens with one attached hydrogen (secondary N) is 17. The zero-order chi connectivity index (χ0) is 95.8. The number of phenols is 1. The number of nitrogens with zero attached hydrogens (tertiary/aromatic N) is 3. The Hall–Kier alpha value is -13.5. The molecule has 14 atom stereocenters. The third-order valence-corrected chi connectivity index (χ3v) is 21.3. The van der Waals surface area contributed by atoms with Gasteiger partial charge in [0.25, 0.3) is 0 Å². The minimum Gasteiger partial charge on any atom is -0.508 e. The Bertz CT molecular complexity index is 4620. The molecular formula is C82H116N24O22S2. The first kappa shape index (κ1) is 105. The number of guanidine groups is 1. The molecule has 48 heteroatoms. The highest BCUT2D eigenvalue weighted by Crippen LogP contribution is 2.23. The smallest absolute Gasteiger partial charge is 0.326 e. The van der Waals surface area contributed by atoms with Crippen molar-refractivity contribution < 1.29 is 106 Å². The van der Waals surface area contributed by atoms with Crippen molar-refractivity contribution >= 4 is 144 Å². The van der Waals surface area contributed by atoms with Crippen molar-refractivity contribution in [1.29, 1.82) is 5.41 Å². The van der Waals surface area contributed by atoms with E-state index in [0.29, 0.717) is 28.8 Å². The van der Waals surface area contributed by atoms with Crippen LogP contribution >= 0.6 is 25.3 Å². The Labute approximate surface area is 758 Å². The van der Waals surface area contributed by atoms with Gasteiger partial charge in [-0.25, -0.2) is 9.78 Å². The van der Waals surface area contributed by atoms with Crippen LogP contribution in [0.15, 0.2) is 97.5 Å². The highest BCUT2D eigenvalue weighted by molar-refractivity contribution is 7.80. The zero-order valence-corrected chi connectivity index (χ0v) is 73.6. The monoisotopic (exact) mass is 1850 g/mol. The molecule has 708 valence electrons. The molecule has 0 saturated carbocycles. The Kier molecular flexibility index (Phi) is 43.2. The lowest BCUT2D eigenvalue weighted by Gasteiger charge is -2.31. The SMILES string of the molecule is CC(C)C[C@H](NC(=O)CNC(=O)CNC(=O)[C@H](Cc1ccccc1)NC(=O)[C@H](Cc1cnc[nH]1)NC(=O)CNC(=O)[C@@H](NC(=O)[C@@H](CS)NC(=O)[C@H](Cc1ccccc1)NC(=O)[C@H](CCCNC(=N)N)NC(=O)[C@@H](N)CCC(N)=O)[C@@H](C)O)C(=O)N[C@@H](Cc1ccc(O)cc1)C(=O)N1CCC[C@H]1C(=O)N[C@H](CS)C(=O)N[C@@H](CC(N)=O)C(=O)NCC(=O)N1CCC[C@H]1C(=O)O. The fourth-order valence-corrected chi connectivity index (χ4v) is 14.3. The molecule has 2 aliphatic heterocycles. The molecule has 2 aliphatic rings. The first-order valence-electron chi connectivity index (χ1n) is 41.8. The van der Waals surface area contributed by atoms with Crippen LogP contribution in [0.4, 0.5) is 0 Å². The van der Waals surface area contributed by atoms with Crippen LogP contribution in [0.2, 0.25) is 0 Å². The molecule has 0 radical (unpaired) electrons. The Morgan fingerprint density at radius 1 is 0.492 bits per heavy atom. The summed E-state index contributed by atoms with van der Waals surface area (Å²) in [5.41, 5.74) is 23.8. The molecule has 0 bridgehead atoms. The van der Waals surface area contributed by atoms with E-state index >= 15 is 0 Å². The number of likely N-dealkylation sites (tertiary alicyclic amines) is 2. The number of thiol groups is 2. The number of hydrogen-bond acceptors (Lipinski definition) is 26. The van der Waals surface area contributed by atoms with E-state index in [1.54, 1.807) is 74.5 Å². The number of aliphatic hydroxyl groups excluding tert-OH is 1. The van der Waals surface area contributed by atoms with E-state index in [-0.39, 0.29) is 120 Å². The Balaban J connectivity index is 1.07. The normalized spacial score (nSPS) is 16.1. The first-order valence-corrected chi connectivity index (χ1v) is 43.1. The minimum atomic E-state index is -1.82. The highest BCUT2D eigenvalue weighted by Gasteiger charge is 2.42. The number of carboxylic acid groups (broad SMARTS) is 1. The summed E-state index contributed by atoms with van der Waals surface area (Å²) in [5, 5.41) is 75.2. The van der Waals surface area contributed by atoms with Crippen molar-refractivity contribution in [3.63, 3.8) is 0 Å². The van der Waals surface area contributed by atoms with Gasteiger partial charge in [-0.3, -0.25) is 91.7 Å². The van der Waals surface area contributed by atoms with Gasteiger partial charge in [0.05, 0.1) is 51.1 Å². The number of primary amides is 2. The quantitative estimate of drug-likeness (QED) is 0.00845. The van der Waals surface area contributed by atoms with Crippen LogP contribution in [-0.2, 0) is 117 Å². The molecule has 0 unspecified atom stereocenters. The van der Waals surface area contributed by atoms with Crippen molar-refractivity contribution in [3.05, 3.63) is 120 Å². The molecule has 28 N–H and O–H groups in total. The molecule has 0 spiro atoms. The molecule has 3 aromatic carbocycles. The lowest BCUT2D eigenvalue weighted by atomic mass is 10.0. The number of aromatic hydroxyl groups is 1. The van der Waals surface area contributed by atoms with E-state index in [4.69, 9.17) is 28.3 Å². The van der Waals surface area contributed by atoms with E-state index in [0.717, 1.165) is 11.8 Å². The maximum Gasteiger partial charge on any atom is 0.326 e. The third-order valence-electron chi connectivity index (χ3n) is 20.6. The van der Waals surface area contributed by atoms with Crippen LogP contribution in [0, 0.1) is 11.3 Å². The van der Waals surface area contributed by atoms with Gasteiger partial charge in [-0.2, -0.15) is 25.3 Å². The second-order valence-electron chi connectivity index (χ2n) is 31.4. The van der Waals surface area contributed by atoms with E-state index in [2.05, 4.69) is 115 Å². The number of carboxylic acids is 1. The van der Waals surface area contributed by atoms with Gasteiger partial charge in [0.15, 0.2) is 5.96 Å². The fourth-order valence-electron chi connectivity index (χ4n) is 13.8. The van der Waals surface area contributed by atoms with E-state index < -0.39 is 235 Å². The van der Waals surface area contributed by atoms with E-state index in [1.165, 1.54) is 41.7 Å². The lowest BCUT2D eigenvalue weighted by molar-refractivity contribution is -0.148. The van der Waals surface area contributed by atoms with Gasteiger partial charge in [0.1, 0.15) is 78.3 Å². The molecule has 2 fully saturated rings. The van der Waals surface area contributed by atoms with Crippen LogP contribution in [-0.4, -0.2) is 295 Å². The van der Waals surface area contributed by atoms with Crippen LogP contribution in [0.3, 0.4) is 0 Å². The molecule has 18 amide bonds. The third kappa shape index (κ3) is 35.6. The Morgan fingerprint density at radius 2 is 0.962 bits per heavy atom. The predicted octanol–water partition coefficient (Wildman–Crippen LogP) is -8.22. The van der Waals surface area contributed by atoms with Crippen LogP contribution in [0.5, 0.6) is 5.75 Å². The topological polar surface area (TPSA) is 729 Å². The summed E-state index contributed by atoms with van der Waals surface area (Å²) in [6, 6.07) is 3.33. The number of carbonyl (C=O) groups is 19. The molecule has 46 nitrogen and oxygen atoms in total. The molecule has 1 aromatic heterocycles. The summed E-state index contributed by atoms with van der Waals surface area (Å²) in [7, 11) is 0. The van der Waals surface area contributed by atoms with Gasteiger partial charge < -0.3 is 133 Å². The molecule has 2 saturated heterocycles. The van der Waals surface area contributed by atoms with Crippen molar-refractivity contribution in [2.75, 3.05) is 57.3 Å². The summed E-state index contributed by atoms with van der Waals surface area (Å²) in [6.07, 6.45) is -0.142. The molecular weight excluding hydrogens is 1740 g/mol. The van der Waals surface area contributed by atoms with Gasteiger partial charge in [0.2, 0.25) is 106 Å². The summed E-state index contributed by atoms with van der Waals surface area (Å²) in [5.74, 6) is -19.5. The number of aliphatic carboxylic acids is 1. The predicted molar refractivity (Wildman–Crippen MR) is 471 cm³/mol. The number of phenolic OH excluding ortho intramolecular Hbond substituents is 1. The first-order chi connectivity index (χ1) is 61.7. The van der Waals surface area contributed by atoms with Gasteiger partial charge in [-0.05, 0) is 93.0 Å². The lowest BCUT2D eigenvalue weighted by Crippen LogP contribution is -2.61. The number of imidazole rings is 1. The van der Waals surface area contributed by atoms with Crippen LogP contribution in [0.1, 0.15) is 107 Å². The van der Waals surface area contributed by atoms with E-state index in [1.807, 2.05) is 0 Å². The number of rotatable bonds is 53. The average molecular weight is 1850 g/mol. The van der Waals surface area contributed by atoms with Gasteiger partial charge in [0, 0.05) is 75.1 Å². The van der Waals surface area contributed by atoms with Crippen molar-refractivity contribution in [2.45, 2.75) is 195 Å². The molecule has 0 aliphatic carbocycles. The molecule has 4 aromatic rings. The standard InChI is InChI=1S/C82H116N24O22S2/c1-43(2)29-52(73(119)101-57(32-47-20-22-49(108)23-21-47)80(126)106-28-11-18-60(106)78(124)103-58(40-129)76(122)100-56(34-63(85)110)71(117)93-39-67(114)105-27-12-19-61(105)81(127)128)95-65(112)37-90-64(111)36-91-70(116)53(30-45-13-6-4-7-14-45)98-75(121)55(33-48-35-88-42-94-48)96-66(113)38-92-79(125)68(44(3)107)104-77(123)59(41-130)102-74(120)54(31-46-15-8-5-9-16-46)99-72(118)51(17-10-26-89-82(86)87)97-69(115)50(83)24-25-62(84)109/h4-9,13-16,20-23,35,42-44,50-61,68,107-108,129-130H,10-12,17-19,24-34,36-41,83H2,1-3H3,(H2,84,109)(H2,85,110)(H,88,94)(H,90,111)(H,91,116)(H,92,125)(H,93,117)(H,95,112)(H,96,113)(H,97,115)(H,98,121)(H,99,118)(H,100,122)(H,101,119)(H,102,120)(H,103,124)(H,104,123)(H,127,128)(H4,86,87,89)/t44-,50+,51+,52+,53+,54+,55+,56+,57+,58-,59-,60+,61+,68+/m1/s1. The number of carbonyl (C=O) groups excluding carboxylic acids is 18. The number of amides is 18. The number of aliphatic hydroxyl groups is 1. The van der Waals surface area contributed by atoms with Crippen molar-refractivity contribution in [3.8, 4) is 5.75 Å². The molecule has 3 heterocycles. The number of hydrogen-bond donors (Lipinski definition) is 26. The van der Waals surface area contributed by atoms with Gasteiger partial charge in [-0.1, -0.05) is 86.6 Å². The van der Waals surface area contributed by atoms with E-state index in [9.17, 15) is 106 Å². The van der Waals surface area contributed by atoms with Crippen LogP contribution < -0.4 is 103 Å². The maximum atomic E-state index is 14.8. The largest absolute Gasteiger partial charge is 0.508 e. The number of H-pyrrole nitrogens is 1. The van der Waals surface area contributed by atoms with Crippen molar-refractivity contribution in [1.82, 2.24) is 99.5 Å². The number of aromatic amines is 1. The summed E-state index contributed by atoms with van der Waals surface area (Å²) < 4.78 is 0.